The van der Waals surface area contributed by atoms with E-state index in [4.69, 9.17) is 9.47 Å². The molecular formula is C25H33N3O4. The fourth-order valence-corrected chi connectivity index (χ4v) is 4.78. The van der Waals surface area contributed by atoms with Gasteiger partial charge in [-0.15, -0.1) is 0 Å². The Morgan fingerprint density at radius 1 is 1.22 bits per heavy atom. The maximum absolute atomic E-state index is 12.4. The van der Waals surface area contributed by atoms with Gasteiger partial charge in [0.05, 0.1) is 26.8 Å². The smallest absolute Gasteiger partial charge is 0.224 e. The fourth-order valence-electron chi connectivity index (χ4n) is 4.78. The molecule has 1 N–H and O–H groups in total. The van der Waals surface area contributed by atoms with Crippen LogP contribution in [0.4, 0.5) is 5.82 Å². The number of carbonyl (C=O) groups excluding carboxylic acids is 1. The highest BCUT2D eigenvalue weighted by Crippen LogP contribution is 2.47. The van der Waals surface area contributed by atoms with Crippen LogP contribution in [0.3, 0.4) is 0 Å². The monoisotopic (exact) mass is 439 g/mol. The van der Waals surface area contributed by atoms with Gasteiger partial charge in [0, 0.05) is 31.6 Å². The van der Waals surface area contributed by atoms with Crippen LogP contribution < -0.4 is 14.4 Å². The van der Waals surface area contributed by atoms with E-state index in [0.717, 1.165) is 42.4 Å². The minimum atomic E-state index is -0.111. The molecule has 2 aromatic rings. The summed E-state index contributed by atoms with van der Waals surface area (Å²) >= 11 is 0. The summed E-state index contributed by atoms with van der Waals surface area (Å²) in [7, 11) is 1.66. The number of anilines is 1. The van der Waals surface area contributed by atoms with Gasteiger partial charge < -0.3 is 24.4 Å². The molecule has 2 aliphatic rings. The van der Waals surface area contributed by atoms with Crippen molar-refractivity contribution in [1.29, 1.82) is 0 Å². The minimum Gasteiger partial charge on any atom is -0.493 e. The number of aliphatic hydroxyl groups is 1. The van der Waals surface area contributed by atoms with Gasteiger partial charge in [-0.05, 0) is 41.7 Å². The zero-order valence-electron chi connectivity index (χ0n) is 19.2. The molecule has 7 heteroatoms. The number of pyridine rings is 1. The topological polar surface area (TPSA) is 75.1 Å². The lowest BCUT2D eigenvalue weighted by Gasteiger charge is -2.40. The Morgan fingerprint density at radius 3 is 2.69 bits per heavy atom. The highest BCUT2D eigenvalue weighted by molar-refractivity contribution is 5.77. The van der Waals surface area contributed by atoms with Crippen molar-refractivity contribution in [2.75, 3.05) is 44.8 Å². The molecule has 2 saturated heterocycles. The Hall–Kier alpha value is -2.80. The number of likely N-dealkylation sites (tertiary alicyclic amines) is 1. The second-order valence-electron chi connectivity index (χ2n) is 9.05. The Kier molecular flexibility index (Phi) is 6.55. The Morgan fingerprint density at radius 2 is 2.03 bits per heavy atom. The van der Waals surface area contributed by atoms with Crippen LogP contribution in [0.1, 0.15) is 38.2 Å². The first-order valence-electron chi connectivity index (χ1n) is 11.4. The van der Waals surface area contributed by atoms with Crippen LogP contribution in [-0.4, -0.2) is 66.9 Å². The summed E-state index contributed by atoms with van der Waals surface area (Å²) in [4.78, 5) is 20.9. The molecule has 2 unspecified atom stereocenters. The number of aromatic nitrogens is 1. The van der Waals surface area contributed by atoms with E-state index in [2.05, 4.69) is 35.9 Å². The molecule has 0 aliphatic carbocycles. The lowest BCUT2D eigenvalue weighted by molar-refractivity contribution is -0.131. The van der Waals surface area contributed by atoms with Gasteiger partial charge in [-0.2, -0.15) is 0 Å². The number of nitrogens with zero attached hydrogens (tertiary/aromatic N) is 3. The highest BCUT2D eigenvalue weighted by Gasteiger charge is 2.44. The third-order valence-corrected chi connectivity index (χ3v) is 6.99. The summed E-state index contributed by atoms with van der Waals surface area (Å²) in [5.41, 5.74) is 1.13. The predicted octanol–water partition coefficient (Wildman–Crippen LogP) is 3.08. The fraction of sp³-hybridized carbons (Fsp3) is 0.520. The summed E-state index contributed by atoms with van der Waals surface area (Å²) in [6, 6.07) is 12.1. The average Bonchev–Trinajstić information content (AvgIpc) is 3.15. The standard InChI is InChI=1S/C25H33N3O4/c1-4-25(2)17-28(24(30)10-12-29)16-20(25)18-8-9-21(31-3)22(13-18)32-19-14-27(15-19)23-7-5-6-11-26-23/h5-9,11,13,19-20,29H,4,10,12,14-17H2,1-3H3. The Labute approximate surface area is 190 Å². The van der Waals surface area contributed by atoms with Crippen molar-refractivity contribution in [3.05, 3.63) is 48.2 Å². The van der Waals surface area contributed by atoms with Crippen LogP contribution in [-0.2, 0) is 4.79 Å². The molecule has 4 rings (SSSR count). The van der Waals surface area contributed by atoms with Crippen LogP contribution in [0.5, 0.6) is 11.5 Å². The molecule has 2 fully saturated rings. The van der Waals surface area contributed by atoms with Crippen molar-refractivity contribution in [2.45, 2.75) is 38.7 Å². The Bertz CT molecular complexity index is 932. The van der Waals surface area contributed by atoms with Gasteiger partial charge in [-0.25, -0.2) is 4.98 Å². The largest absolute Gasteiger partial charge is 0.493 e. The van der Waals surface area contributed by atoms with Crippen molar-refractivity contribution in [3.63, 3.8) is 0 Å². The van der Waals surface area contributed by atoms with Crippen LogP contribution in [0.2, 0.25) is 0 Å². The molecule has 1 aromatic carbocycles. The predicted molar refractivity (Wildman–Crippen MR) is 123 cm³/mol. The molecular weight excluding hydrogens is 406 g/mol. The average molecular weight is 440 g/mol. The summed E-state index contributed by atoms with van der Waals surface area (Å²) in [6.07, 6.45) is 3.02. The second kappa shape index (κ2) is 9.36. The first-order chi connectivity index (χ1) is 15.5. The summed E-state index contributed by atoms with van der Waals surface area (Å²) in [5, 5.41) is 9.18. The first kappa shape index (κ1) is 22.4. The van der Waals surface area contributed by atoms with E-state index in [-0.39, 0.29) is 36.4 Å². The number of ether oxygens (including phenoxy) is 2. The Balaban J connectivity index is 1.50. The number of hydrogen-bond acceptors (Lipinski definition) is 6. The van der Waals surface area contributed by atoms with E-state index in [0.29, 0.717) is 13.1 Å². The molecule has 2 atom stereocenters. The minimum absolute atomic E-state index is 0.0174. The lowest BCUT2D eigenvalue weighted by atomic mass is 9.74. The van der Waals surface area contributed by atoms with Crippen LogP contribution >= 0.6 is 0 Å². The van der Waals surface area contributed by atoms with E-state index in [1.54, 1.807) is 13.3 Å². The third kappa shape index (κ3) is 4.39. The highest BCUT2D eigenvalue weighted by atomic mass is 16.5. The summed E-state index contributed by atoms with van der Waals surface area (Å²) < 4.78 is 11.9. The molecule has 1 amide bonds. The number of methoxy groups -OCH3 is 1. The van der Waals surface area contributed by atoms with Crippen molar-refractivity contribution in [1.82, 2.24) is 9.88 Å². The zero-order valence-corrected chi connectivity index (χ0v) is 19.2. The van der Waals surface area contributed by atoms with Crippen LogP contribution in [0.15, 0.2) is 42.6 Å². The van der Waals surface area contributed by atoms with Crippen molar-refractivity contribution < 1.29 is 19.4 Å². The van der Waals surface area contributed by atoms with Gasteiger partial charge in [-0.1, -0.05) is 26.0 Å². The van der Waals surface area contributed by atoms with Crippen molar-refractivity contribution in [2.24, 2.45) is 5.41 Å². The number of amides is 1. The van der Waals surface area contributed by atoms with Crippen molar-refractivity contribution >= 4 is 11.7 Å². The molecule has 0 radical (unpaired) electrons. The molecule has 2 aliphatic heterocycles. The van der Waals surface area contributed by atoms with E-state index >= 15 is 0 Å². The third-order valence-electron chi connectivity index (χ3n) is 6.99. The molecule has 0 bridgehead atoms. The summed E-state index contributed by atoms with van der Waals surface area (Å²) in [5.74, 6) is 2.65. The number of aliphatic hydroxyl groups excluding tert-OH is 1. The van der Waals surface area contributed by atoms with E-state index in [9.17, 15) is 9.90 Å². The van der Waals surface area contributed by atoms with Gasteiger partial charge in [0.2, 0.25) is 5.91 Å². The molecule has 1 aromatic heterocycles. The quantitative estimate of drug-likeness (QED) is 0.681. The van der Waals surface area contributed by atoms with Gasteiger partial charge >= 0.3 is 0 Å². The van der Waals surface area contributed by atoms with E-state index < -0.39 is 0 Å². The van der Waals surface area contributed by atoms with Crippen LogP contribution in [0, 0.1) is 5.41 Å². The van der Waals surface area contributed by atoms with Gasteiger partial charge in [-0.3, -0.25) is 4.79 Å². The lowest BCUT2D eigenvalue weighted by Crippen LogP contribution is -2.54. The maximum Gasteiger partial charge on any atom is 0.224 e. The van der Waals surface area contributed by atoms with E-state index in [1.165, 1.54) is 0 Å². The van der Waals surface area contributed by atoms with Gasteiger partial charge in [0.15, 0.2) is 11.5 Å². The summed E-state index contributed by atoms with van der Waals surface area (Å²) in [6.45, 7) is 7.23. The van der Waals surface area contributed by atoms with Crippen molar-refractivity contribution in [3.8, 4) is 11.5 Å². The van der Waals surface area contributed by atoms with E-state index in [1.807, 2.05) is 29.2 Å². The molecule has 32 heavy (non-hydrogen) atoms. The second-order valence-corrected chi connectivity index (χ2v) is 9.05. The number of carbonyl (C=O) groups is 1. The molecule has 0 spiro atoms. The number of rotatable bonds is 8. The normalized spacial score (nSPS) is 23.2. The van der Waals surface area contributed by atoms with Gasteiger partial charge in [0.25, 0.3) is 0 Å². The SMILES string of the molecule is CCC1(C)CN(C(=O)CCO)CC1c1ccc(OC)c(OC2CN(c3ccccn3)C2)c1. The first-order valence-corrected chi connectivity index (χ1v) is 11.4. The number of hydrogen-bond donors (Lipinski definition) is 1. The molecule has 7 nitrogen and oxygen atoms in total. The maximum atomic E-state index is 12.4. The molecule has 0 saturated carbocycles. The van der Waals surface area contributed by atoms with Crippen LogP contribution in [0.25, 0.3) is 0 Å². The molecule has 3 heterocycles. The zero-order chi connectivity index (χ0) is 22.7. The number of benzene rings is 1. The van der Waals surface area contributed by atoms with Gasteiger partial charge in [0.1, 0.15) is 11.9 Å². The molecule has 172 valence electrons.